The Hall–Kier alpha value is -0.0100. The molecule has 1 N–H and O–H groups in total. The van der Waals surface area contributed by atoms with Crippen LogP contribution < -0.4 is 0 Å². The zero-order valence-electron chi connectivity index (χ0n) is 27.3. The SMILES string of the molecule is CCCCCCCCCCCCCCCCOC(COCCCCCCCC)COP(=O)(O)OCC[N+](C)(C)C. The van der Waals surface area contributed by atoms with E-state index >= 15 is 0 Å². The summed E-state index contributed by atoms with van der Waals surface area (Å²) in [6.07, 6.45) is 25.4. The fourth-order valence-corrected chi connectivity index (χ4v) is 5.28. The lowest BCUT2D eigenvalue weighted by Gasteiger charge is -2.24. The van der Waals surface area contributed by atoms with E-state index in [1.165, 1.54) is 109 Å². The van der Waals surface area contributed by atoms with Crippen molar-refractivity contribution in [2.24, 2.45) is 0 Å². The first-order chi connectivity index (χ1) is 19.2. The Morgan fingerprint density at radius 1 is 0.575 bits per heavy atom. The minimum Gasteiger partial charge on any atom is -0.379 e. The maximum atomic E-state index is 12.3. The molecule has 0 aliphatic rings. The van der Waals surface area contributed by atoms with Gasteiger partial charge in [-0.15, -0.1) is 0 Å². The van der Waals surface area contributed by atoms with Crippen LogP contribution in [-0.2, 0) is 23.1 Å². The number of phosphoric ester groups is 1. The van der Waals surface area contributed by atoms with E-state index < -0.39 is 7.82 Å². The van der Waals surface area contributed by atoms with Gasteiger partial charge in [0.1, 0.15) is 19.3 Å². The molecule has 0 spiro atoms. The van der Waals surface area contributed by atoms with E-state index in [0.717, 1.165) is 19.3 Å². The number of quaternary nitrogens is 1. The van der Waals surface area contributed by atoms with Gasteiger partial charge in [-0.2, -0.15) is 0 Å². The monoisotopic (exact) mass is 594 g/mol. The van der Waals surface area contributed by atoms with Crippen molar-refractivity contribution in [3.05, 3.63) is 0 Å². The Morgan fingerprint density at radius 3 is 1.45 bits per heavy atom. The molecule has 2 atom stereocenters. The van der Waals surface area contributed by atoms with E-state index in [9.17, 15) is 9.46 Å². The fraction of sp³-hybridized carbons (Fsp3) is 1.00. The lowest BCUT2D eigenvalue weighted by atomic mass is 10.0. The third-order valence-corrected chi connectivity index (χ3v) is 8.22. The summed E-state index contributed by atoms with van der Waals surface area (Å²) in [4.78, 5) is 10.1. The Morgan fingerprint density at radius 2 is 1.00 bits per heavy atom. The highest BCUT2D eigenvalue weighted by atomic mass is 31.2. The second-order valence-electron chi connectivity index (χ2n) is 12.5. The molecule has 0 saturated carbocycles. The Balaban J connectivity index is 4.09. The quantitative estimate of drug-likeness (QED) is 0.0476. The molecule has 2 unspecified atom stereocenters. The average Bonchev–Trinajstić information content (AvgIpc) is 2.89. The summed E-state index contributed by atoms with van der Waals surface area (Å²) < 4.78 is 35.3. The summed E-state index contributed by atoms with van der Waals surface area (Å²) >= 11 is 0. The van der Waals surface area contributed by atoms with Crippen molar-refractivity contribution in [2.45, 2.75) is 148 Å². The van der Waals surface area contributed by atoms with Gasteiger partial charge in [-0.05, 0) is 12.8 Å². The molecule has 0 fully saturated rings. The first kappa shape index (κ1) is 40.0. The van der Waals surface area contributed by atoms with Gasteiger partial charge in [-0.25, -0.2) is 4.57 Å². The molecule has 7 nitrogen and oxygen atoms in total. The number of hydrogen-bond donors (Lipinski definition) is 1. The van der Waals surface area contributed by atoms with Gasteiger partial charge in [0.2, 0.25) is 0 Å². The lowest BCUT2D eigenvalue weighted by molar-refractivity contribution is -0.870. The zero-order valence-corrected chi connectivity index (χ0v) is 28.2. The minimum absolute atomic E-state index is 0.00669. The van der Waals surface area contributed by atoms with Crippen LogP contribution in [0, 0.1) is 0 Å². The molecule has 40 heavy (non-hydrogen) atoms. The van der Waals surface area contributed by atoms with E-state index in [4.69, 9.17) is 18.5 Å². The zero-order chi connectivity index (χ0) is 29.8. The molecule has 242 valence electrons. The molecule has 0 radical (unpaired) electrons. The van der Waals surface area contributed by atoms with Crippen LogP contribution in [0.2, 0.25) is 0 Å². The predicted molar refractivity (Wildman–Crippen MR) is 169 cm³/mol. The van der Waals surface area contributed by atoms with E-state index in [1.54, 1.807) is 0 Å². The smallest absolute Gasteiger partial charge is 0.379 e. The predicted octanol–water partition coefficient (Wildman–Crippen LogP) is 9.07. The molecule has 8 heteroatoms. The topological polar surface area (TPSA) is 74.2 Å². The average molecular weight is 595 g/mol. The molecular weight excluding hydrogens is 525 g/mol. The van der Waals surface area contributed by atoms with Crippen LogP contribution in [0.15, 0.2) is 0 Å². The lowest BCUT2D eigenvalue weighted by Crippen LogP contribution is -2.37. The number of ether oxygens (including phenoxy) is 2. The van der Waals surface area contributed by atoms with Gasteiger partial charge in [0.15, 0.2) is 0 Å². The molecule has 0 heterocycles. The minimum atomic E-state index is -4.11. The van der Waals surface area contributed by atoms with Gasteiger partial charge in [-0.1, -0.05) is 129 Å². The van der Waals surface area contributed by atoms with Crippen molar-refractivity contribution in [3.63, 3.8) is 0 Å². The van der Waals surface area contributed by atoms with Crippen molar-refractivity contribution in [3.8, 4) is 0 Å². The van der Waals surface area contributed by atoms with Crippen LogP contribution in [0.3, 0.4) is 0 Å². The maximum Gasteiger partial charge on any atom is 0.472 e. The number of nitrogens with zero attached hydrogens (tertiary/aromatic N) is 1. The molecule has 0 aliphatic carbocycles. The van der Waals surface area contributed by atoms with Gasteiger partial charge < -0.3 is 18.9 Å². The summed E-state index contributed by atoms with van der Waals surface area (Å²) in [7, 11) is 1.91. The van der Waals surface area contributed by atoms with Crippen LogP contribution in [0.1, 0.15) is 142 Å². The van der Waals surface area contributed by atoms with Gasteiger partial charge in [-0.3, -0.25) is 9.05 Å². The highest BCUT2D eigenvalue weighted by Crippen LogP contribution is 2.43. The number of phosphoric acid groups is 1. The van der Waals surface area contributed by atoms with Crippen molar-refractivity contribution in [1.29, 1.82) is 0 Å². The third-order valence-electron chi connectivity index (χ3n) is 7.24. The maximum absolute atomic E-state index is 12.3. The van der Waals surface area contributed by atoms with Crippen LogP contribution >= 0.6 is 7.82 Å². The van der Waals surface area contributed by atoms with Crippen molar-refractivity contribution < 1.29 is 32.5 Å². The third kappa shape index (κ3) is 30.9. The molecule has 0 aromatic rings. The Kier molecular flexibility index (Phi) is 27.8. The number of hydrogen-bond acceptors (Lipinski definition) is 5. The van der Waals surface area contributed by atoms with Crippen molar-refractivity contribution in [1.82, 2.24) is 0 Å². The second kappa shape index (κ2) is 27.8. The highest BCUT2D eigenvalue weighted by Gasteiger charge is 2.25. The van der Waals surface area contributed by atoms with E-state index in [2.05, 4.69) is 13.8 Å². The summed E-state index contributed by atoms with van der Waals surface area (Å²) in [5.41, 5.74) is 0. The number of unbranched alkanes of at least 4 members (excludes halogenated alkanes) is 18. The molecule has 0 bridgehead atoms. The van der Waals surface area contributed by atoms with E-state index in [0.29, 0.717) is 30.8 Å². The van der Waals surface area contributed by atoms with Gasteiger partial charge in [0.25, 0.3) is 0 Å². The summed E-state index contributed by atoms with van der Waals surface area (Å²) in [6, 6.07) is 0. The molecule has 0 rings (SSSR count). The summed E-state index contributed by atoms with van der Waals surface area (Å²) in [5, 5.41) is 0. The van der Waals surface area contributed by atoms with Crippen LogP contribution in [0.5, 0.6) is 0 Å². The first-order valence-electron chi connectivity index (χ1n) is 16.8. The first-order valence-corrected chi connectivity index (χ1v) is 18.3. The standard InChI is InChI=1S/C32H68NO6P/c1-6-8-10-12-14-15-16-17-18-19-20-21-23-25-28-37-32(30-36-27-24-22-13-11-9-7-2)31-39-40(34,35)38-29-26-33(3,4)5/h32H,6-31H2,1-5H3/p+1. The molecular formula is C32H69NO6P+. The number of rotatable bonds is 32. The van der Waals surface area contributed by atoms with Crippen molar-refractivity contribution in [2.75, 3.05) is 60.7 Å². The van der Waals surface area contributed by atoms with Crippen molar-refractivity contribution >= 4 is 7.82 Å². The fourth-order valence-electron chi connectivity index (χ4n) is 4.53. The summed E-state index contributed by atoms with van der Waals surface area (Å²) in [6.45, 7) is 6.94. The van der Waals surface area contributed by atoms with Crippen LogP contribution in [0.25, 0.3) is 0 Å². The van der Waals surface area contributed by atoms with Crippen LogP contribution in [0.4, 0.5) is 0 Å². The Bertz CT molecular complexity index is 572. The highest BCUT2D eigenvalue weighted by molar-refractivity contribution is 7.47. The number of likely N-dealkylation sites (N-methyl/N-ethyl adjacent to an activating group) is 1. The molecule has 0 saturated heterocycles. The second-order valence-corrected chi connectivity index (χ2v) is 14.0. The molecule has 0 amide bonds. The van der Waals surface area contributed by atoms with Gasteiger partial charge in [0, 0.05) is 13.2 Å². The summed E-state index contributed by atoms with van der Waals surface area (Å²) in [5.74, 6) is 0. The Labute approximate surface area is 249 Å². The van der Waals surface area contributed by atoms with Gasteiger partial charge in [0.05, 0.1) is 34.4 Å². The molecule has 0 aromatic carbocycles. The van der Waals surface area contributed by atoms with E-state index in [-0.39, 0.29) is 19.3 Å². The normalized spacial score (nSPS) is 14.4. The molecule has 0 aromatic heterocycles. The van der Waals surface area contributed by atoms with Crippen LogP contribution in [-0.4, -0.2) is 76.2 Å². The van der Waals surface area contributed by atoms with Gasteiger partial charge >= 0.3 is 7.82 Å². The molecule has 0 aliphatic heterocycles. The largest absolute Gasteiger partial charge is 0.472 e. The van der Waals surface area contributed by atoms with E-state index in [1.807, 2.05) is 21.1 Å².